The Labute approximate surface area is 172 Å². The Morgan fingerprint density at radius 1 is 1.00 bits per heavy atom. The Kier molecular flexibility index (Phi) is 6.13. The van der Waals surface area contributed by atoms with E-state index >= 15 is 0 Å². The van der Waals surface area contributed by atoms with E-state index in [0.29, 0.717) is 25.6 Å². The van der Waals surface area contributed by atoms with Crippen molar-refractivity contribution in [3.05, 3.63) is 60.2 Å². The van der Waals surface area contributed by atoms with Crippen molar-refractivity contribution in [1.29, 1.82) is 0 Å². The fourth-order valence-electron chi connectivity index (χ4n) is 4.27. The van der Waals surface area contributed by atoms with Crippen LogP contribution in [0.1, 0.15) is 44.1 Å². The van der Waals surface area contributed by atoms with Gasteiger partial charge < -0.3 is 15.0 Å². The van der Waals surface area contributed by atoms with Gasteiger partial charge in [0.2, 0.25) is 11.8 Å². The average molecular weight is 392 g/mol. The molecule has 152 valence electrons. The van der Waals surface area contributed by atoms with E-state index in [-0.39, 0.29) is 17.7 Å². The standard InChI is InChI=1S/C24H28N2O3/c27-23-15-19(16-26(23)21-9-5-2-6-10-21)24(28)25-20-11-13-22(14-12-20)29-17-18-7-3-1-4-8-18/h1,3-4,7-8,11-14,19,21H,2,5-6,9-10,15-17H2,(H,25,28). The summed E-state index contributed by atoms with van der Waals surface area (Å²) in [5, 5.41) is 2.96. The molecule has 29 heavy (non-hydrogen) atoms. The van der Waals surface area contributed by atoms with Gasteiger partial charge in [0.25, 0.3) is 0 Å². The monoisotopic (exact) mass is 392 g/mol. The summed E-state index contributed by atoms with van der Waals surface area (Å²) in [5.74, 6) is 0.543. The molecule has 0 bridgehead atoms. The van der Waals surface area contributed by atoms with Crippen molar-refractivity contribution in [2.75, 3.05) is 11.9 Å². The first kappa shape index (κ1) is 19.5. The molecule has 1 heterocycles. The molecule has 0 spiro atoms. The second kappa shape index (κ2) is 9.12. The van der Waals surface area contributed by atoms with Crippen molar-refractivity contribution in [3.8, 4) is 5.75 Å². The first-order chi connectivity index (χ1) is 14.2. The summed E-state index contributed by atoms with van der Waals surface area (Å²) in [5.41, 5.74) is 1.84. The van der Waals surface area contributed by atoms with Gasteiger partial charge in [0.05, 0.1) is 5.92 Å². The number of ether oxygens (including phenoxy) is 1. The van der Waals surface area contributed by atoms with E-state index in [2.05, 4.69) is 5.32 Å². The van der Waals surface area contributed by atoms with Crippen molar-refractivity contribution in [1.82, 2.24) is 4.90 Å². The second-order valence-electron chi connectivity index (χ2n) is 8.03. The van der Waals surface area contributed by atoms with Crippen molar-refractivity contribution < 1.29 is 14.3 Å². The molecule has 1 saturated heterocycles. The van der Waals surface area contributed by atoms with Gasteiger partial charge in [0.1, 0.15) is 12.4 Å². The average Bonchev–Trinajstić information content (AvgIpc) is 3.16. The maximum Gasteiger partial charge on any atom is 0.229 e. The summed E-state index contributed by atoms with van der Waals surface area (Å²) in [6.45, 7) is 1.06. The smallest absolute Gasteiger partial charge is 0.229 e. The van der Waals surface area contributed by atoms with E-state index in [0.717, 1.165) is 29.8 Å². The van der Waals surface area contributed by atoms with Gasteiger partial charge in [0.15, 0.2) is 0 Å². The van der Waals surface area contributed by atoms with Crippen LogP contribution in [0.25, 0.3) is 0 Å². The van der Waals surface area contributed by atoms with E-state index in [4.69, 9.17) is 4.74 Å². The fraction of sp³-hybridized carbons (Fsp3) is 0.417. The number of amides is 2. The van der Waals surface area contributed by atoms with Crippen LogP contribution in [0.5, 0.6) is 5.75 Å². The van der Waals surface area contributed by atoms with Crippen LogP contribution in [0.2, 0.25) is 0 Å². The molecular formula is C24H28N2O3. The Balaban J connectivity index is 1.28. The quantitative estimate of drug-likeness (QED) is 0.793. The third-order valence-corrected chi connectivity index (χ3v) is 5.91. The van der Waals surface area contributed by atoms with Crippen molar-refractivity contribution in [3.63, 3.8) is 0 Å². The second-order valence-corrected chi connectivity index (χ2v) is 8.03. The highest BCUT2D eigenvalue weighted by Crippen LogP contribution is 2.29. The first-order valence-electron chi connectivity index (χ1n) is 10.6. The number of anilines is 1. The summed E-state index contributed by atoms with van der Waals surface area (Å²) in [7, 11) is 0. The van der Waals surface area contributed by atoms with Crippen LogP contribution in [0.3, 0.4) is 0 Å². The molecule has 1 unspecified atom stereocenters. The van der Waals surface area contributed by atoms with Gasteiger partial charge in [-0.15, -0.1) is 0 Å². The molecule has 2 amide bonds. The summed E-state index contributed by atoms with van der Waals surface area (Å²) >= 11 is 0. The Morgan fingerprint density at radius 3 is 2.45 bits per heavy atom. The third-order valence-electron chi connectivity index (χ3n) is 5.91. The fourth-order valence-corrected chi connectivity index (χ4v) is 4.27. The van der Waals surface area contributed by atoms with E-state index in [1.807, 2.05) is 59.5 Å². The predicted octanol–water partition coefficient (Wildman–Crippen LogP) is 4.39. The molecule has 1 aliphatic carbocycles. The zero-order chi connectivity index (χ0) is 20.1. The molecule has 2 aromatic rings. The normalized spacial score (nSPS) is 19.9. The van der Waals surface area contributed by atoms with Gasteiger partial charge >= 0.3 is 0 Å². The van der Waals surface area contributed by atoms with Crippen molar-refractivity contribution in [2.24, 2.45) is 5.92 Å². The van der Waals surface area contributed by atoms with E-state index < -0.39 is 0 Å². The molecule has 5 nitrogen and oxygen atoms in total. The maximum atomic E-state index is 12.7. The zero-order valence-corrected chi connectivity index (χ0v) is 16.7. The number of nitrogens with one attached hydrogen (secondary N) is 1. The summed E-state index contributed by atoms with van der Waals surface area (Å²) < 4.78 is 5.78. The highest BCUT2D eigenvalue weighted by atomic mass is 16.5. The number of carbonyl (C=O) groups excluding carboxylic acids is 2. The van der Waals surface area contributed by atoms with E-state index in [1.54, 1.807) is 0 Å². The lowest BCUT2D eigenvalue weighted by molar-refractivity contribution is -0.130. The molecule has 2 aliphatic rings. The topological polar surface area (TPSA) is 58.6 Å². The van der Waals surface area contributed by atoms with Gasteiger partial charge in [-0.25, -0.2) is 0 Å². The molecular weight excluding hydrogens is 364 g/mol. The van der Waals surface area contributed by atoms with Gasteiger partial charge in [-0.3, -0.25) is 9.59 Å². The molecule has 0 aromatic heterocycles. The summed E-state index contributed by atoms with van der Waals surface area (Å²) in [6.07, 6.45) is 6.09. The maximum absolute atomic E-state index is 12.7. The molecule has 1 atom stereocenters. The van der Waals surface area contributed by atoms with Crippen LogP contribution >= 0.6 is 0 Å². The Bertz CT molecular complexity index is 829. The van der Waals surface area contributed by atoms with Crippen molar-refractivity contribution in [2.45, 2.75) is 51.2 Å². The number of nitrogens with zero attached hydrogens (tertiary/aromatic N) is 1. The molecule has 5 heteroatoms. The highest BCUT2D eigenvalue weighted by Gasteiger charge is 2.38. The lowest BCUT2D eigenvalue weighted by atomic mass is 9.94. The van der Waals surface area contributed by atoms with Gasteiger partial charge in [-0.05, 0) is 42.7 Å². The van der Waals surface area contributed by atoms with Gasteiger partial charge in [0, 0.05) is 24.7 Å². The summed E-state index contributed by atoms with van der Waals surface area (Å²) in [4.78, 5) is 27.0. The van der Waals surface area contributed by atoms with Gasteiger partial charge in [-0.2, -0.15) is 0 Å². The van der Waals surface area contributed by atoms with E-state index in [9.17, 15) is 9.59 Å². The van der Waals surface area contributed by atoms with E-state index in [1.165, 1.54) is 19.3 Å². The minimum absolute atomic E-state index is 0.0744. The van der Waals surface area contributed by atoms with Gasteiger partial charge in [-0.1, -0.05) is 49.6 Å². The third kappa shape index (κ3) is 4.97. The van der Waals surface area contributed by atoms with Crippen LogP contribution in [0, 0.1) is 5.92 Å². The molecule has 1 saturated carbocycles. The SMILES string of the molecule is O=C(Nc1ccc(OCc2ccccc2)cc1)C1CC(=O)N(C2CCCCC2)C1. The number of hydrogen-bond donors (Lipinski definition) is 1. The molecule has 1 aliphatic heterocycles. The minimum atomic E-state index is -0.265. The lowest BCUT2D eigenvalue weighted by Gasteiger charge is -2.31. The molecule has 2 aromatic carbocycles. The molecule has 2 fully saturated rings. The molecule has 4 rings (SSSR count). The van der Waals surface area contributed by atoms with Crippen LogP contribution in [-0.4, -0.2) is 29.3 Å². The lowest BCUT2D eigenvalue weighted by Crippen LogP contribution is -2.38. The minimum Gasteiger partial charge on any atom is -0.489 e. The summed E-state index contributed by atoms with van der Waals surface area (Å²) in [6, 6.07) is 17.7. The first-order valence-corrected chi connectivity index (χ1v) is 10.6. The Morgan fingerprint density at radius 2 is 1.72 bits per heavy atom. The zero-order valence-electron chi connectivity index (χ0n) is 16.7. The number of likely N-dealkylation sites (tertiary alicyclic amines) is 1. The van der Waals surface area contributed by atoms with Crippen LogP contribution in [0.4, 0.5) is 5.69 Å². The molecule has 0 radical (unpaired) electrons. The number of carbonyl (C=O) groups is 2. The predicted molar refractivity (Wildman–Crippen MR) is 113 cm³/mol. The van der Waals surface area contributed by atoms with Crippen LogP contribution in [-0.2, 0) is 16.2 Å². The number of benzene rings is 2. The highest BCUT2D eigenvalue weighted by molar-refractivity contribution is 5.97. The number of hydrogen-bond acceptors (Lipinski definition) is 3. The van der Waals surface area contributed by atoms with Crippen molar-refractivity contribution >= 4 is 17.5 Å². The molecule has 1 N–H and O–H groups in total. The number of rotatable bonds is 6. The largest absolute Gasteiger partial charge is 0.489 e. The van der Waals surface area contributed by atoms with Crippen LogP contribution < -0.4 is 10.1 Å². The Hall–Kier alpha value is -2.82. The van der Waals surface area contributed by atoms with Crippen LogP contribution in [0.15, 0.2) is 54.6 Å².